The Morgan fingerprint density at radius 3 is 2.96 bits per heavy atom. The van der Waals surface area contributed by atoms with Crippen molar-refractivity contribution in [2.45, 2.75) is 6.04 Å². The van der Waals surface area contributed by atoms with E-state index in [2.05, 4.69) is 10.3 Å². The van der Waals surface area contributed by atoms with Crippen molar-refractivity contribution in [3.63, 3.8) is 0 Å². The Morgan fingerprint density at radius 1 is 1.42 bits per heavy atom. The number of nitrogens with zero attached hydrogens (tertiary/aromatic N) is 3. The molecule has 1 aromatic heterocycles. The summed E-state index contributed by atoms with van der Waals surface area (Å²) in [6.45, 7) is 1.97. The molecule has 128 valence electrons. The molecule has 0 spiro atoms. The molecule has 0 radical (unpaired) electrons. The summed E-state index contributed by atoms with van der Waals surface area (Å²) < 4.78 is 7.50. The largest absolute Gasteiger partial charge is 0.484 e. The highest BCUT2D eigenvalue weighted by atomic mass is 35.5. The summed E-state index contributed by atoms with van der Waals surface area (Å²) in [5, 5.41) is 4.15. The van der Waals surface area contributed by atoms with Crippen LogP contribution < -0.4 is 10.1 Å². The molecule has 0 bridgehead atoms. The van der Waals surface area contributed by atoms with Crippen molar-refractivity contribution in [3.05, 3.63) is 46.5 Å². The molecule has 0 aliphatic carbocycles. The zero-order valence-corrected chi connectivity index (χ0v) is 14.7. The van der Waals surface area contributed by atoms with E-state index in [1.54, 1.807) is 29.3 Å². The van der Waals surface area contributed by atoms with Crippen molar-refractivity contribution in [3.8, 4) is 5.75 Å². The number of hydrogen-bond donors (Lipinski definition) is 1. The maximum Gasteiger partial charge on any atom is 0.261 e. The summed E-state index contributed by atoms with van der Waals surface area (Å²) in [6.07, 6.45) is 3.61. The maximum atomic E-state index is 12.6. The van der Waals surface area contributed by atoms with E-state index in [0.717, 1.165) is 12.4 Å². The molecular formula is C16H18Cl2N4O2. The average Bonchev–Trinajstić information content (AvgIpc) is 3.01. The second-order valence-electron chi connectivity index (χ2n) is 5.57. The van der Waals surface area contributed by atoms with E-state index in [9.17, 15) is 4.79 Å². The number of halogens is 2. The first kappa shape index (κ1) is 17.1. The van der Waals surface area contributed by atoms with Crippen LogP contribution in [0.5, 0.6) is 5.75 Å². The van der Waals surface area contributed by atoms with E-state index in [1.165, 1.54) is 0 Å². The molecule has 1 N–H and O–H groups in total. The number of benzene rings is 1. The highest BCUT2D eigenvalue weighted by molar-refractivity contribution is 6.42. The summed E-state index contributed by atoms with van der Waals surface area (Å²) in [6, 6.07) is 4.83. The number of piperazine rings is 1. The minimum Gasteiger partial charge on any atom is -0.484 e. The number of carbonyl (C=O) groups excluding carboxylic acids is 1. The number of hydrogen-bond acceptors (Lipinski definition) is 4. The van der Waals surface area contributed by atoms with E-state index in [-0.39, 0.29) is 18.6 Å². The number of aromatic nitrogens is 2. The third-order valence-electron chi connectivity index (χ3n) is 3.97. The van der Waals surface area contributed by atoms with Gasteiger partial charge in [-0.05, 0) is 12.1 Å². The zero-order valence-electron chi connectivity index (χ0n) is 13.2. The Labute approximate surface area is 150 Å². The Bertz CT molecular complexity index is 735. The van der Waals surface area contributed by atoms with Crippen LogP contribution in [0.4, 0.5) is 0 Å². The van der Waals surface area contributed by atoms with Gasteiger partial charge >= 0.3 is 0 Å². The molecule has 1 saturated heterocycles. The number of carbonyl (C=O) groups is 1. The van der Waals surface area contributed by atoms with Gasteiger partial charge in [0.15, 0.2) is 6.61 Å². The molecular weight excluding hydrogens is 351 g/mol. The van der Waals surface area contributed by atoms with Crippen LogP contribution in [0.3, 0.4) is 0 Å². The lowest BCUT2D eigenvalue weighted by atomic mass is 10.1. The SMILES string of the molecule is Cn1ccnc1C1CNCCN1C(=O)COc1ccc(Cl)c(Cl)c1. The average molecular weight is 369 g/mol. The van der Waals surface area contributed by atoms with Gasteiger partial charge in [-0.25, -0.2) is 4.98 Å². The van der Waals surface area contributed by atoms with Crippen LogP contribution >= 0.6 is 23.2 Å². The van der Waals surface area contributed by atoms with Crippen LogP contribution in [0.25, 0.3) is 0 Å². The molecule has 3 rings (SSSR count). The number of aryl methyl sites for hydroxylation is 1. The second kappa shape index (κ2) is 7.42. The van der Waals surface area contributed by atoms with E-state index >= 15 is 0 Å². The van der Waals surface area contributed by atoms with Crippen molar-refractivity contribution in [2.24, 2.45) is 7.05 Å². The molecule has 2 heterocycles. The molecule has 6 nitrogen and oxygen atoms in total. The van der Waals surface area contributed by atoms with E-state index in [4.69, 9.17) is 27.9 Å². The third kappa shape index (κ3) is 3.66. The van der Waals surface area contributed by atoms with E-state index < -0.39 is 0 Å². The molecule has 24 heavy (non-hydrogen) atoms. The minimum atomic E-state index is -0.108. The lowest BCUT2D eigenvalue weighted by Gasteiger charge is -2.35. The Kier molecular flexibility index (Phi) is 5.28. The van der Waals surface area contributed by atoms with E-state index in [0.29, 0.717) is 28.9 Å². The highest BCUT2D eigenvalue weighted by Crippen LogP contribution is 2.26. The monoisotopic (exact) mass is 368 g/mol. The molecule has 2 aromatic rings. The quantitative estimate of drug-likeness (QED) is 0.899. The fourth-order valence-electron chi connectivity index (χ4n) is 2.73. The van der Waals surface area contributed by atoms with Crippen LogP contribution in [0, 0.1) is 0 Å². The smallest absolute Gasteiger partial charge is 0.261 e. The fourth-order valence-corrected chi connectivity index (χ4v) is 3.01. The maximum absolute atomic E-state index is 12.6. The Balaban J connectivity index is 1.68. The van der Waals surface area contributed by atoms with Crippen LogP contribution in [0.2, 0.25) is 10.0 Å². The highest BCUT2D eigenvalue weighted by Gasteiger charge is 2.30. The van der Waals surface area contributed by atoms with Gasteiger partial charge in [-0.15, -0.1) is 0 Å². The van der Waals surface area contributed by atoms with Crippen molar-refractivity contribution in [1.29, 1.82) is 0 Å². The topological polar surface area (TPSA) is 59.4 Å². The van der Waals surface area contributed by atoms with Gasteiger partial charge < -0.3 is 19.5 Å². The van der Waals surface area contributed by atoms with Gasteiger partial charge in [-0.3, -0.25) is 4.79 Å². The van der Waals surface area contributed by atoms with Crippen LogP contribution in [0.1, 0.15) is 11.9 Å². The van der Waals surface area contributed by atoms with Crippen molar-refractivity contribution in [2.75, 3.05) is 26.2 Å². The predicted molar refractivity (Wildman–Crippen MR) is 92.5 cm³/mol. The molecule has 0 saturated carbocycles. The van der Waals surface area contributed by atoms with Crippen LogP contribution in [-0.4, -0.2) is 46.6 Å². The van der Waals surface area contributed by atoms with Crippen molar-refractivity contribution in [1.82, 2.24) is 19.8 Å². The lowest BCUT2D eigenvalue weighted by Crippen LogP contribution is -2.50. The summed E-state index contributed by atoms with van der Waals surface area (Å²) in [7, 11) is 1.92. The van der Waals surface area contributed by atoms with Crippen LogP contribution in [0.15, 0.2) is 30.6 Å². The first-order chi connectivity index (χ1) is 11.6. The molecule has 1 unspecified atom stereocenters. The summed E-state index contributed by atoms with van der Waals surface area (Å²) >= 11 is 11.8. The summed E-state index contributed by atoms with van der Waals surface area (Å²) in [5.74, 6) is 1.28. The van der Waals surface area contributed by atoms with Gasteiger partial charge in [0.1, 0.15) is 17.6 Å². The van der Waals surface area contributed by atoms with Gasteiger partial charge in [0.05, 0.1) is 10.0 Å². The van der Waals surface area contributed by atoms with Gasteiger partial charge in [-0.2, -0.15) is 0 Å². The molecule has 1 aromatic carbocycles. The first-order valence-corrected chi connectivity index (χ1v) is 8.37. The van der Waals surface area contributed by atoms with Crippen LogP contribution in [-0.2, 0) is 11.8 Å². The number of nitrogens with one attached hydrogen (secondary N) is 1. The summed E-state index contributed by atoms with van der Waals surface area (Å²) in [5.41, 5.74) is 0. The van der Waals surface area contributed by atoms with Gasteiger partial charge in [0, 0.05) is 45.1 Å². The standard InChI is InChI=1S/C16H18Cl2N4O2/c1-21-6-5-20-16(21)14-9-19-4-7-22(14)15(23)10-24-11-2-3-12(17)13(18)8-11/h2-3,5-6,8,14,19H,4,7,9-10H2,1H3. The fraction of sp³-hybridized carbons (Fsp3) is 0.375. The number of rotatable bonds is 4. The van der Waals surface area contributed by atoms with Gasteiger partial charge in [0.25, 0.3) is 5.91 Å². The lowest BCUT2D eigenvalue weighted by molar-refractivity contribution is -0.137. The van der Waals surface area contributed by atoms with Gasteiger partial charge in [0.2, 0.25) is 0 Å². The van der Waals surface area contributed by atoms with Crippen molar-refractivity contribution < 1.29 is 9.53 Å². The second-order valence-corrected chi connectivity index (χ2v) is 6.38. The Hall–Kier alpha value is -1.76. The Morgan fingerprint density at radius 2 is 2.25 bits per heavy atom. The summed E-state index contributed by atoms with van der Waals surface area (Å²) in [4.78, 5) is 18.8. The molecule has 8 heteroatoms. The molecule has 1 atom stereocenters. The minimum absolute atomic E-state index is 0.0567. The zero-order chi connectivity index (χ0) is 17.1. The van der Waals surface area contributed by atoms with Gasteiger partial charge in [-0.1, -0.05) is 23.2 Å². The first-order valence-electron chi connectivity index (χ1n) is 7.61. The van der Waals surface area contributed by atoms with E-state index in [1.807, 2.05) is 17.8 Å². The third-order valence-corrected chi connectivity index (χ3v) is 4.71. The molecule has 1 fully saturated rings. The molecule has 1 aliphatic rings. The normalized spacial score (nSPS) is 17.8. The number of imidazole rings is 1. The number of ether oxygens (including phenoxy) is 1. The predicted octanol–water partition coefficient (Wildman–Crippen LogP) is 2.28. The molecule has 1 amide bonds. The van der Waals surface area contributed by atoms with Crippen molar-refractivity contribution >= 4 is 29.1 Å². The molecule has 1 aliphatic heterocycles. The number of amides is 1.